The van der Waals surface area contributed by atoms with Gasteiger partial charge < -0.3 is 10.2 Å². The number of fused-ring (bicyclic) bond motifs is 1. The molecule has 2 fully saturated rings. The van der Waals surface area contributed by atoms with Gasteiger partial charge in [-0.1, -0.05) is 6.08 Å². The van der Waals surface area contributed by atoms with Crippen molar-refractivity contribution in [3.63, 3.8) is 0 Å². The number of rotatable bonds is 4. The van der Waals surface area contributed by atoms with Crippen LogP contribution in [-0.2, 0) is 16.1 Å². The Labute approximate surface area is 205 Å². The normalized spacial score (nSPS) is 26.7. The van der Waals surface area contributed by atoms with E-state index in [1.807, 2.05) is 6.08 Å². The van der Waals surface area contributed by atoms with Gasteiger partial charge in [-0.2, -0.15) is 0 Å². The van der Waals surface area contributed by atoms with Gasteiger partial charge in [0.1, 0.15) is 17.7 Å². The molecule has 2 aromatic rings. The van der Waals surface area contributed by atoms with Gasteiger partial charge in [-0.15, -0.1) is 0 Å². The molecule has 0 radical (unpaired) electrons. The summed E-state index contributed by atoms with van der Waals surface area (Å²) in [5.74, 6) is -2.49. The number of benzene rings is 2. The Morgan fingerprint density at radius 1 is 1.06 bits per heavy atom. The van der Waals surface area contributed by atoms with Crippen molar-refractivity contribution >= 4 is 29.2 Å². The zero-order chi connectivity index (χ0) is 25.2. The molecule has 6 rings (SSSR count). The van der Waals surface area contributed by atoms with Gasteiger partial charge >= 0.3 is 0 Å². The number of imide groups is 1. The highest BCUT2D eigenvalue weighted by molar-refractivity contribution is 6.06. The van der Waals surface area contributed by atoms with E-state index in [1.165, 1.54) is 17.0 Å². The van der Waals surface area contributed by atoms with Crippen molar-refractivity contribution in [1.29, 1.82) is 0 Å². The van der Waals surface area contributed by atoms with Crippen LogP contribution in [0.3, 0.4) is 0 Å². The van der Waals surface area contributed by atoms with E-state index in [-0.39, 0.29) is 48.6 Å². The first-order valence-corrected chi connectivity index (χ1v) is 12.0. The van der Waals surface area contributed by atoms with Crippen LogP contribution in [0.25, 0.3) is 5.57 Å². The molecular weight excluding hydrogens is 468 g/mol. The predicted octanol–water partition coefficient (Wildman–Crippen LogP) is 3.09. The number of piperidine rings is 1. The minimum atomic E-state index is -0.699. The van der Waals surface area contributed by atoms with Crippen LogP contribution >= 0.6 is 0 Å². The molecule has 0 aromatic heterocycles. The van der Waals surface area contributed by atoms with E-state index in [2.05, 4.69) is 10.6 Å². The first kappa shape index (κ1) is 22.6. The Morgan fingerprint density at radius 2 is 1.81 bits per heavy atom. The number of amides is 4. The summed E-state index contributed by atoms with van der Waals surface area (Å²) in [6.07, 6.45) is 4.68. The second kappa shape index (κ2) is 8.08. The van der Waals surface area contributed by atoms with Crippen molar-refractivity contribution in [2.45, 2.75) is 50.7 Å². The first-order valence-electron chi connectivity index (χ1n) is 12.0. The average molecular weight is 491 g/mol. The highest BCUT2D eigenvalue weighted by atomic mass is 19.1. The standard InChI is InChI=1S/C27H23F2N3O4/c28-17-2-4-19(21(29)8-17)16-9-27(10-16)11-18(12-27)30-24(34)14-1-3-20-15(7-14)13-32(26(20)36)22-5-6-23(33)31-25(22)35/h1-4,7-9,18,22H,5-6,10-13H2,(H,30,34)(H,31,33,35). The highest BCUT2D eigenvalue weighted by Gasteiger charge is 2.49. The Bertz CT molecular complexity index is 1380. The largest absolute Gasteiger partial charge is 0.349 e. The maximum Gasteiger partial charge on any atom is 0.255 e. The SMILES string of the molecule is O=C1CCC(N2Cc3cc(C(=O)NC4CC5(C=C(c6ccc(F)cc6F)C5)C4)ccc3C2=O)C(=O)N1. The Kier molecular flexibility index (Phi) is 5.07. The molecule has 1 saturated carbocycles. The Hall–Kier alpha value is -3.88. The van der Waals surface area contributed by atoms with Crippen LogP contribution in [0.4, 0.5) is 8.78 Å². The molecule has 9 heteroatoms. The molecule has 4 amide bonds. The number of hydrogen-bond acceptors (Lipinski definition) is 4. The lowest BCUT2D eigenvalue weighted by Gasteiger charge is -2.52. The molecule has 4 aliphatic rings. The summed E-state index contributed by atoms with van der Waals surface area (Å²) in [5, 5.41) is 5.30. The van der Waals surface area contributed by atoms with E-state index in [1.54, 1.807) is 18.2 Å². The fourth-order valence-corrected chi connectivity index (χ4v) is 5.91. The van der Waals surface area contributed by atoms with Gasteiger partial charge in [-0.25, -0.2) is 8.78 Å². The second-order valence-electron chi connectivity index (χ2n) is 10.2. The molecule has 1 atom stereocenters. The summed E-state index contributed by atoms with van der Waals surface area (Å²) in [6, 6.07) is 7.79. The number of nitrogens with zero attached hydrogens (tertiary/aromatic N) is 1. The second-order valence-corrected chi connectivity index (χ2v) is 10.2. The number of carbonyl (C=O) groups excluding carboxylic acids is 4. The molecule has 2 N–H and O–H groups in total. The highest BCUT2D eigenvalue weighted by Crippen LogP contribution is 2.57. The van der Waals surface area contributed by atoms with E-state index >= 15 is 0 Å². The van der Waals surface area contributed by atoms with E-state index < -0.39 is 23.6 Å². The number of halogens is 2. The zero-order valence-electron chi connectivity index (χ0n) is 19.3. The molecule has 0 bridgehead atoms. The van der Waals surface area contributed by atoms with Gasteiger partial charge in [0, 0.05) is 41.8 Å². The third-order valence-electron chi connectivity index (χ3n) is 7.73. The van der Waals surface area contributed by atoms with Gasteiger partial charge in [-0.3, -0.25) is 24.5 Å². The summed E-state index contributed by atoms with van der Waals surface area (Å²) < 4.78 is 27.2. The quantitative estimate of drug-likeness (QED) is 0.643. The lowest BCUT2D eigenvalue weighted by Crippen LogP contribution is -2.52. The van der Waals surface area contributed by atoms with Crippen molar-refractivity contribution in [2.75, 3.05) is 0 Å². The van der Waals surface area contributed by atoms with Crippen molar-refractivity contribution < 1.29 is 28.0 Å². The van der Waals surface area contributed by atoms with E-state index in [0.29, 0.717) is 28.7 Å². The summed E-state index contributed by atoms with van der Waals surface area (Å²) in [6.45, 7) is 0.210. The molecule has 36 heavy (non-hydrogen) atoms. The summed E-state index contributed by atoms with van der Waals surface area (Å²) in [7, 11) is 0. The molecule has 2 aromatic carbocycles. The number of carbonyl (C=O) groups is 4. The molecule has 1 spiro atoms. The van der Waals surface area contributed by atoms with E-state index in [0.717, 1.165) is 24.5 Å². The van der Waals surface area contributed by atoms with Gasteiger partial charge in [0.05, 0.1) is 0 Å². The minimum absolute atomic E-state index is 0.0109. The molecule has 184 valence electrons. The molecule has 1 saturated heterocycles. The Morgan fingerprint density at radius 3 is 2.53 bits per heavy atom. The van der Waals surface area contributed by atoms with Crippen molar-refractivity contribution in [3.8, 4) is 0 Å². The topological polar surface area (TPSA) is 95.6 Å². The third kappa shape index (κ3) is 3.70. The van der Waals surface area contributed by atoms with Gasteiger partial charge in [-0.05, 0) is 72.6 Å². The van der Waals surface area contributed by atoms with Gasteiger partial charge in [0.2, 0.25) is 11.8 Å². The van der Waals surface area contributed by atoms with Crippen molar-refractivity contribution in [2.24, 2.45) is 5.41 Å². The zero-order valence-corrected chi connectivity index (χ0v) is 19.3. The molecule has 1 unspecified atom stereocenters. The van der Waals surface area contributed by atoms with Crippen LogP contribution in [0.2, 0.25) is 0 Å². The fraction of sp³-hybridized carbons (Fsp3) is 0.333. The van der Waals surface area contributed by atoms with E-state index in [9.17, 15) is 28.0 Å². The summed E-state index contributed by atoms with van der Waals surface area (Å²) >= 11 is 0. The van der Waals surface area contributed by atoms with Crippen LogP contribution in [0.15, 0.2) is 42.5 Å². The maximum atomic E-state index is 14.0. The van der Waals surface area contributed by atoms with Crippen LogP contribution in [-0.4, -0.2) is 40.6 Å². The monoisotopic (exact) mass is 491 g/mol. The van der Waals surface area contributed by atoms with Crippen LogP contribution < -0.4 is 10.6 Å². The molecule has 2 heterocycles. The maximum absolute atomic E-state index is 14.0. The lowest BCUT2D eigenvalue weighted by molar-refractivity contribution is -0.136. The first-order chi connectivity index (χ1) is 17.2. The van der Waals surface area contributed by atoms with Crippen LogP contribution in [0.5, 0.6) is 0 Å². The Balaban J connectivity index is 1.07. The number of nitrogens with one attached hydrogen (secondary N) is 2. The van der Waals surface area contributed by atoms with Crippen LogP contribution in [0, 0.1) is 17.0 Å². The van der Waals surface area contributed by atoms with Crippen molar-refractivity contribution in [1.82, 2.24) is 15.5 Å². The fourth-order valence-electron chi connectivity index (χ4n) is 5.91. The lowest BCUT2D eigenvalue weighted by atomic mass is 9.55. The molecule has 2 aliphatic carbocycles. The predicted molar refractivity (Wildman–Crippen MR) is 124 cm³/mol. The third-order valence-corrected chi connectivity index (χ3v) is 7.73. The number of hydrogen-bond donors (Lipinski definition) is 2. The van der Waals surface area contributed by atoms with Gasteiger partial charge in [0.15, 0.2) is 0 Å². The van der Waals surface area contributed by atoms with Gasteiger partial charge in [0.25, 0.3) is 11.8 Å². The smallest absolute Gasteiger partial charge is 0.255 e. The van der Waals surface area contributed by atoms with Crippen LogP contribution in [0.1, 0.15) is 63.9 Å². The van der Waals surface area contributed by atoms with E-state index in [4.69, 9.17) is 0 Å². The molecule has 7 nitrogen and oxygen atoms in total. The average Bonchev–Trinajstić information content (AvgIpc) is 3.10. The minimum Gasteiger partial charge on any atom is -0.349 e. The summed E-state index contributed by atoms with van der Waals surface area (Å²) in [4.78, 5) is 50.8. The molecular formula is C27H23F2N3O4. The summed E-state index contributed by atoms with van der Waals surface area (Å²) in [5.41, 5.74) is 2.80. The number of allylic oxidation sites excluding steroid dienone is 2. The molecule has 2 aliphatic heterocycles. The van der Waals surface area contributed by atoms with Crippen molar-refractivity contribution in [3.05, 3.63) is 76.4 Å².